The summed E-state index contributed by atoms with van der Waals surface area (Å²) in [4.78, 5) is 23.3. The van der Waals surface area contributed by atoms with Crippen molar-refractivity contribution in [2.75, 3.05) is 17.2 Å². The topological polar surface area (TPSA) is 70.2 Å². The van der Waals surface area contributed by atoms with Crippen LogP contribution in [0.5, 0.6) is 0 Å². The normalized spacial score (nSPS) is 20.8. The lowest BCUT2D eigenvalue weighted by Gasteiger charge is -2.18. The van der Waals surface area contributed by atoms with Crippen LogP contribution in [0.4, 0.5) is 11.4 Å². The molecule has 0 bridgehead atoms. The van der Waals surface area contributed by atoms with E-state index in [-0.39, 0.29) is 11.8 Å². The summed E-state index contributed by atoms with van der Waals surface area (Å²) < 4.78 is 0. The molecule has 0 spiro atoms. The summed E-state index contributed by atoms with van der Waals surface area (Å²) in [5.41, 5.74) is 2.76. The molecule has 0 saturated carbocycles. The zero-order valence-corrected chi connectivity index (χ0v) is 12.1. The zero-order chi connectivity index (χ0) is 14.7. The minimum Gasteiger partial charge on any atom is -0.326 e. The molecule has 1 aromatic carbocycles. The molecule has 5 nitrogen and oxygen atoms in total. The van der Waals surface area contributed by atoms with Crippen LogP contribution in [0.15, 0.2) is 18.2 Å². The van der Waals surface area contributed by atoms with Gasteiger partial charge in [-0.1, -0.05) is 0 Å². The molecular weight excluding hydrogens is 266 g/mol. The van der Waals surface area contributed by atoms with Gasteiger partial charge in [0.15, 0.2) is 0 Å². The van der Waals surface area contributed by atoms with Crippen molar-refractivity contribution >= 4 is 23.2 Å². The molecule has 3 rings (SSSR count). The molecule has 2 aliphatic heterocycles. The van der Waals surface area contributed by atoms with Gasteiger partial charge in [0.05, 0.1) is 0 Å². The van der Waals surface area contributed by atoms with Crippen molar-refractivity contribution in [3.05, 3.63) is 23.8 Å². The number of fused-ring (bicyclic) bond motifs is 1. The van der Waals surface area contributed by atoms with Crippen LogP contribution in [0.2, 0.25) is 0 Å². The molecular formula is C16H21N3O2. The second-order valence-corrected chi connectivity index (χ2v) is 5.80. The van der Waals surface area contributed by atoms with Gasteiger partial charge in [-0.15, -0.1) is 0 Å². The lowest BCUT2D eigenvalue weighted by atomic mass is 10.0. The SMILES string of the molecule is O=C(CCC1CCCN1)Nc1ccc2c(c1)CCC(=O)N2. The fraction of sp³-hybridized carbons (Fsp3) is 0.500. The van der Waals surface area contributed by atoms with E-state index in [1.807, 2.05) is 18.2 Å². The van der Waals surface area contributed by atoms with Gasteiger partial charge >= 0.3 is 0 Å². The van der Waals surface area contributed by atoms with Crippen LogP contribution in [0.1, 0.15) is 37.7 Å². The Morgan fingerprint density at radius 2 is 2.24 bits per heavy atom. The first-order valence-corrected chi connectivity index (χ1v) is 7.67. The predicted molar refractivity (Wildman–Crippen MR) is 82.3 cm³/mol. The van der Waals surface area contributed by atoms with Gasteiger partial charge < -0.3 is 16.0 Å². The first-order valence-electron chi connectivity index (χ1n) is 7.67. The van der Waals surface area contributed by atoms with Crippen molar-refractivity contribution in [3.8, 4) is 0 Å². The average Bonchev–Trinajstić information content (AvgIpc) is 2.99. The van der Waals surface area contributed by atoms with Crippen LogP contribution in [0.3, 0.4) is 0 Å². The minimum absolute atomic E-state index is 0.0587. The van der Waals surface area contributed by atoms with Crippen molar-refractivity contribution in [1.29, 1.82) is 0 Å². The Hall–Kier alpha value is -1.88. The molecule has 0 radical (unpaired) electrons. The highest BCUT2D eigenvalue weighted by Gasteiger charge is 2.17. The molecule has 1 atom stereocenters. The lowest BCUT2D eigenvalue weighted by molar-refractivity contribution is -0.117. The van der Waals surface area contributed by atoms with Gasteiger partial charge in [-0.2, -0.15) is 0 Å². The first-order chi connectivity index (χ1) is 10.2. The molecule has 0 aromatic heterocycles. The summed E-state index contributed by atoms with van der Waals surface area (Å²) in [7, 11) is 0. The van der Waals surface area contributed by atoms with Gasteiger partial charge in [0.25, 0.3) is 0 Å². The zero-order valence-electron chi connectivity index (χ0n) is 12.1. The lowest BCUT2D eigenvalue weighted by Crippen LogP contribution is -2.23. The summed E-state index contributed by atoms with van der Waals surface area (Å²) in [6, 6.07) is 6.16. The van der Waals surface area contributed by atoms with Gasteiger partial charge in [-0.3, -0.25) is 9.59 Å². The van der Waals surface area contributed by atoms with E-state index in [9.17, 15) is 9.59 Å². The van der Waals surface area contributed by atoms with Crippen LogP contribution >= 0.6 is 0 Å². The third kappa shape index (κ3) is 3.61. The molecule has 3 N–H and O–H groups in total. The monoisotopic (exact) mass is 287 g/mol. The van der Waals surface area contributed by atoms with E-state index in [2.05, 4.69) is 16.0 Å². The molecule has 1 unspecified atom stereocenters. The third-order valence-electron chi connectivity index (χ3n) is 4.17. The number of benzene rings is 1. The van der Waals surface area contributed by atoms with Crippen LogP contribution in [-0.2, 0) is 16.0 Å². The Bertz CT molecular complexity index is 550. The second-order valence-electron chi connectivity index (χ2n) is 5.80. The Kier molecular flexibility index (Phi) is 4.20. The van der Waals surface area contributed by atoms with Crippen molar-refractivity contribution in [1.82, 2.24) is 5.32 Å². The van der Waals surface area contributed by atoms with Gasteiger partial charge in [0.1, 0.15) is 0 Å². The fourth-order valence-electron chi connectivity index (χ4n) is 2.99. The highest BCUT2D eigenvalue weighted by molar-refractivity contribution is 5.95. The van der Waals surface area contributed by atoms with E-state index in [4.69, 9.17) is 0 Å². The Labute approximate surface area is 124 Å². The first kappa shape index (κ1) is 14.1. The number of hydrogen-bond donors (Lipinski definition) is 3. The highest BCUT2D eigenvalue weighted by atomic mass is 16.2. The van der Waals surface area contributed by atoms with Crippen molar-refractivity contribution in [2.45, 2.75) is 44.6 Å². The number of aryl methyl sites for hydroxylation is 1. The predicted octanol–water partition coefficient (Wildman–Crippen LogP) is 2.04. The van der Waals surface area contributed by atoms with Gasteiger partial charge in [0.2, 0.25) is 11.8 Å². The van der Waals surface area contributed by atoms with Gasteiger partial charge in [0, 0.05) is 30.3 Å². The number of anilines is 2. The van der Waals surface area contributed by atoms with Crippen LogP contribution in [-0.4, -0.2) is 24.4 Å². The molecule has 1 fully saturated rings. The molecule has 2 amide bonds. The maximum absolute atomic E-state index is 12.0. The van der Waals surface area contributed by atoms with Crippen LogP contribution in [0.25, 0.3) is 0 Å². The second kappa shape index (κ2) is 6.26. The maximum atomic E-state index is 12.0. The number of rotatable bonds is 4. The summed E-state index contributed by atoms with van der Waals surface area (Å²) in [6.07, 6.45) is 5.07. The van der Waals surface area contributed by atoms with E-state index in [1.54, 1.807) is 0 Å². The number of hydrogen-bond acceptors (Lipinski definition) is 3. The third-order valence-corrected chi connectivity index (χ3v) is 4.17. The quantitative estimate of drug-likeness (QED) is 0.793. The Morgan fingerprint density at radius 3 is 3.05 bits per heavy atom. The van der Waals surface area contributed by atoms with Crippen LogP contribution < -0.4 is 16.0 Å². The van der Waals surface area contributed by atoms with Gasteiger partial charge in [-0.25, -0.2) is 0 Å². The van der Waals surface area contributed by atoms with E-state index >= 15 is 0 Å². The van der Waals surface area contributed by atoms with Crippen LogP contribution in [0, 0.1) is 0 Å². The summed E-state index contributed by atoms with van der Waals surface area (Å²) in [5, 5.41) is 9.19. The van der Waals surface area contributed by atoms with E-state index < -0.39 is 0 Å². The molecule has 0 aliphatic carbocycles. The van der Waals surface area contributed by atoms with Crippen molar-refractivity contribution in [2.24, 2.45) is 0 Å². The molecule has 112 valence electrons. The standard InChI is InChI=1S/C16H21N3O2/c20-15(8-5-12-2-1-9-17-12)18-13-4-6-14-11(10-13)3-7-16(21)19-14/h4,6,10,12,17H,1-3,5,7-9H2,(H,18,20)(H,19,21). The summed E-state index contributed by atoms with van der Waals surface area (Å²) >= 11 is 0. The van der Waals surface area contributed by atoms with Crippen molar-refractivity contribution < 1.29 is 9.59 Å². The molecule has 1 aromatic rings. The Morgan fingerprint density at radius 1 is 1.33 bits per heavy atom. The van der Waals surface area contributed by atoms with Crippen molar-refractivity contribution in [3.63, 3.8) is 0 Å². The molecule has 21 heavy (non-hydrogen) atoms. The molecule has 2 heterocycles. The summed E-state index contributed by atoms with van der Waals surface area (Å²) in [5.74, 6) is 0.117. The molecule has 5 heteroatoms. The Balaban J connectivity index is 1.54. The highest BCUT2D eigenvalue weighted by Crippen LogP contribution is 2.25. The van der Waals surface area contributed by atoms with E-state index in [0.717, 1.165) is 36.3 Å². The number of nitrogens with one attached hydrogen (secondary N) is 3. The van der Waals surface area contributed by atoms with E-state index in [0.29, 0.717) is 18.9 Å². The number of amides is 2. The summed E-state index contributed by atoms with van der Waals surface area (Å²) in [6.45, 7) is 1.07. The number of carbonyl (C=O) groups excluding carboxylic acids is 2. The van der Waals surface area contributed by atoms with E-state index in [1.165, 1.54) is 12.8 Å². The minimum atomic E-state index is 0.0587. The largest absolute Gasteiger partial charge is 0.326 e. The number of carbonyl (C=O) groups is 2. The smallest absolute Gasteiger partial charge is 0.224 e. The molecule has 2 aliphatic rings. The fourth-order valence-corrected chi connectivity index (χ4v) is 2.99. The average molecular weight is 287 g/mol. The van der Waals surface area contributed by atoms with Gasteiger partial charge in [-0.05, 0) is 56.0 Å². The molecule has 1 saturated heterocycles. The maximum Gasteiger partial charge on any atom is 0.224 e.